The number of hydrogen-bond acceptors (Lipinski definition) is 3. The zero-order valence-electron chi connectivity index (χ0n) is 6.90. The normalized spacial score (nSPS) is 9.83. The number of pyridine rings is 1. The average Bonchev–Trinajstić information content (AvgIpc) is 2.04. The van der Waals surface area contributed by atoms with E-state index in [-0.39, 0.29) is 5.69 Å². The smallest absolute Gasteiger partial charge is 0.240 e. The van der Waals surface area contributed by atoms with Crippen molar-refractivity contribution in [2.24, 2.45) is 7.05 Å². The third-order valence-corrected chi connectivity index (χ3v) is 2.43. The molecule has 0 aliphatic rings. The van der Waals surface area contributed by atoms with Crippen LogP contribution < -0.4 is 9.67 Å². The van der Waals surface area contributed by atoms with E-state index in [1.807, 2.05) is 12.3 Å². The van der Waals surface area contributed by atoms with Gasteiger partial charge in [0.15, 0.2) is 0 Å². The Bertz CT molecular complexity index is 312. The van der Waals surface area contributed by atoms with Gasteiger partial charge in [-0.2, -0.15) is 4.57 Å². The lowest BCUT2D eigenvalue weighted by atomic mass is 10.3. The van der Waals surface area contributed by atoms with Gasteiger partial charge >= 0.3 is 0 Å². The molecule has 64 valence electrons. The molecule has 0 radical (unpaired) electrons. The molecule has 0 atom stereocenters. The summed E-state index contributed by atoms with van der Waals surface area (Å²) in [7, 11) is 1.71. The predicted octanol–water partition coefficient (Wildman–Crippen LogP) is -0.404. The number of aromatic nitrogens is 1. The molecule has 4 heteroatoms. The van der Waals surface area contributed by atoms with Gasteiger partial charge in [0.1, 0.15) is 13.0 Å². The zero-order valence-corrected chi connectivity index (χ0v) is 7.72. The summed E-state index contributed by atoms with van der Waals surface area (Å²) >= 11 is 1.50. The van der Waals surface area contributed by atoms with Crippen LogP contribution >= 0.6 is 11.8 Å². The Morgan fingerprint density at radius 3 is 2.75 bits per heavy atom. The van der Waals surface area contributed by atoms with Crippen molar-refractivity contribution in [3.63, 3.8) is 0 Å². The first-order chi connectivity index (χ1) is 5.66. The largest absolute Gasteiger partial charge is 0.539 e. The van der Waals surface area contributed by atoms with E-state index >= 15 is 0 Å². The minimum atomic E-state index is -1.15. The number of carboxylic acid groups (broad SMARTS) is 1. The maximum absolute atomic E-state index is 10.5. The van der Waals surface area contributed by atoms with Crippen molar-refractivity contribution < 1.29 is 14.5 Å². The van der Waals surface area contributed by atoms with E-state index in [0.29, 0.717) is 0 Å². The summed E-state index contributed by atoms with van der Waals surface area (Å²) in [5.74, 6) is -1.15. The predicted molar refractivity (Wildman–Crippen MR) is 43.7 cm³/mol. The summed E-state index contributed by atoms with van der Waals surface area (Å²) in [5, 5.41) is 11.4. The summed E-state index contributed by atoms with van der Waals surface area (Å²) in [4.78, 5) is 10.5. The lowest BCUT2D eigenvalue weighted by Gasteiger charge is -2.02. The number of aromatic carboxylic acids is 1. The Balaban J connectivity index is 3.23. The molecule has 0 amide bonds. The standard InChI is InChI=1S/C8H9NO2S/c1-9-6(8(10)11)4-3-5-7(9)12-2/h3-5H,1-2H3. The van der Waals surface area contributed by atoms with Crippen LogP contribution in [0.4, 0.5) is 0 Å². The number of carboxylic acids is 1. The van der Waals surface area contributed by atoms with Crippen molar-refractivity contribution in [3.05, 3.63) is 23.9 Å². The molecule has 12 heavy (non-hydrogen) atoms. The van der Waals surface area contributed by atoms with Crippen LogP contribution in [0.2, 0.25) is 0 Å². The van der Waals surface area contributed by atoms with Gasteiger partial charge in [-0.15, -0.1) is 0 Å². The fourth-order valence-corrected chi connectivity index (χ4v) is 1.56. The van der Waals surface area contributed by atoms with Crippen LogP contribution in [0.15, 0.2) is 23.2 Å². The highest BCUT2D eigenvalue weighted by molar-refractivity contribution is 7.98. The molecule has 0 saturated heterocycles. The highest BCUT2D eigenvalue weighted by atomic mass is 32.2. The van der Waals surface area contributed by atoms with E-state index in [2.05, 4.69) is 0 Å². The summed E-state index contributed by atoms with van der Waals surface area (Å²) in [5.41, 5.74) is 0.196. The van der Waals surface area contributed by atoms with E-state index in [1.165, 1.54) is 17.8 Å². The van der Waals surface area contributed by atoms with E-state index < -0.39 is 5.97 Å². The molecule has 0 bridgehead atoms. The van der Waals surface area contributed by atoms with Crippen molar-refractivity contribution in [2.45, 2.75) is 5.03 Å². The molecule has 0 fully saturated rings. The summed E-state index contributed by atoms with van der Waals surface area (Å²) in [6.45, 7) is 0. The van der Waals surface area contributed by atoms with E-state index in [4.69, 9.17) is 0 Å². The molecule has 0 spiro atoms. The fourth-order valence-electron chi connectivity index (χ4n) is 0.974. The summed E-state index contributed by atoms with van der Waals surface area (Å²) in [6, 6.07) is 5.09. The van der Waals surface area contributed by atoms with Crippen molar-refractivity contribution >= 4 is 17.7 Å². The lowest BCUT2D eigenvalue weighted by molar-refractivity contribution is -0.712. The number of carbonyl (C=O) groups is 1. The first-order valence-electron chi connectivity index (χ1n) is 3.41. The van der Waals surface area contributed by atoms with Crippen LogP contribution in [0.3, 0.4) is 0 Å². The molecule has 0 saturated carbocycles. The van der Waals surface area contributed by atoms with Gasteiger partial charge in [-0.3, -0.25) is 0 Å². The Hall–Kier alpha value is -1.03. The number of nitrogens with zero attached hydrogens (tertiary/aromatic N) is 1. The molecule has 0 aliphatic carbocycles. The van der Waals surface area contributed by atoms with Gasteiger partial charge in [-0.05, 0) is 12.3 Å². The molecule has 1 heterocycles. The molecular weight excluding hydrogens is 174 g/mol. The molecule has 0 aromatic carbocycles. The first kappa shape index (κ1) is 9.06. The van der Waals surface area contributed by atoms with Crippen molar-refractivity contribution in [1.29, 1.82) is 0 Å². The number of hydrogen-bond donors (Lipinski definition) is 0. The van der Waals surface area contributed by atoms with Gasteiger partial charge < -0.3 is 9.90 Å². The number of rotatable bonds is 2. The topological polar surface area (TPSA) is 44.0 Å². The minimum absolute atomic E-state index is 0.196. The second-order valence-electron chi connectivity index (χ2n) is 2.30. The van der Waals surface area contributed by atoms with Gasteiger partial charge in [0.05, 0.1) is 0 Å². The van der Waals surface area contributed by atoms with Gasteiger partial charge in [-0.25, -0.2) is 0 Å². The quantitative estimate of drug-likeness (QED) is 0.463. The molecule has 3 nitrogen and oxygen atoms in total. The highest BCUT2D eigenvalue weighted by Crippen LogP contribution is 2.08. The van der Waals surface area contributed by atoms with Crippen LogP contribution in [-0.2, 0) is 7.05 Å². The second kappa shape index (κ2) is 3.58. The van der Waals surface area contributed by atoms with Crippen LogP contribution in [0.1, 0.15) is 10.5 Å². The van der Waals surface area contributed by atoms with Gasteiger partial charge in [0, 0.05) is 12.1 Å². The summed E-state index contributed by atoms with van der Waals surface area (Å²) in [6.07, 6.45) is 1.90. The van der Waals surface area contributed by atoms with Crippen molar-refractivity contribution in [2.75, 3.05) is 6.26 Å². The zero-order chi connectivity index (χ0) is 9.14. The third-order valence-electron chi connectivity index (χ3n) is 1.60. The minimum Gasteiger partial charge on any atom is -0.539 e. The molecular formula is C8H9NO2S. The lowest BCUT2D eigenvalue weighted by Crippen LogP contribution is -2.42. The Morgan fingerprint density at radius 1 is 1.58 bits per heavy atom. The van der Waals surface area contributed by atoms with Crippen molar-refractivity contribution in [3.8, 4) is 0 Å². The first-order valence-corrected chi connectivity index (χ1v) is 4.63. The van der Waals surface area contributed by atoms with Crippen molar-refractivity contribution in [1.82, 2.24) is 0 Å². The SMILES string of the molecule is CSc1cccc(C(=O)[O-])[n+]1C. The highest BCUT2D eigenvalue weighted by Gasteiger charge is 2.11. The second-order valence-corrected chi connectivity index (χ2v) is 3.13. The monoisotopic (exact) mass is 183 g/mol. The van der Waals surface area contributed by atoms with Gasteiger partial charge in [0.2, 0.25) is 10.7 Å². The molecule has 0 unspecified atom stereocenters. The van der Waals surface area contributed by atoms with E-state index in [9.17, 15) is 9.90 Å². The maximum Gasteiger partial charge on any atom is 0.240 e. The maximum atomic E-state index is 10.5. The van der Waals surface area contributed by atoms with Gasteiger partial charge in [0.25, 0.3) is 0 Å². The van der Waals surface area contributed by atoms with Crippen LogP contribution in [0.5, 0.6) is 0 Å². The van der Waals surface area contributed by atoms with E-state index in [0.717, 1.165) is 5.03 Å². The molecule has 1 aromatic rings. The molecule has 0 N–H and O–H groups in total. The molecule has 1 rings (SSSR count). The average molecular weight is 183 g/mol. The Labute approximate surface area is 75.0 Å². The summed E-state index contributed by atoms with van der Waals surface area (Å²) < 4.78 is 1.60. The van der Waals surface area contributed by atoms with Crippen LogP contribution in [-0.4, -0.2) is 12.2 Å². The van der Waals surface area contributed by atoms with Crippen LogP contribution in [0, 0.1) is 0 Å². The number of carbonyl (C=O) groups excluding carboxylic acids is 1. The third kappa shape index (κ3) is 1.58. The fraction of sp³-hybridized carbons (Fsp3) is 0.250. The molecule has 0 aliphatic heterocycles. The van der Waals surface area contributed by atoms with E-state index in [1.54, 1.807) is 17.7 Å². The number of thioether (sulfide) groups is 1. The Kier molecular flexibility index (Phi) is 2.70. The molecule has 1 aromatic heterocycles. The van der Waals surface area contributed by atoms with Gasteiger partial charge in [-0.1, -0.05) is 11.8 Å². The van der Waals surface area contributed by atoms with Crippen LogP contribution in [0.25, 0.3) is 0 Å². The Morgan fingerprint density at radius 2 is 2.25 bits per heavy atom.